The van der Waals surface area contributed by atoms with Gasteiger partial charge < -0.3 is 9.88 Å². The molecular formula is C13H16BrN3. The summed E-state index contributed by atoms with van der Waals surface area (Å²) < 4.78 is 3.15. The van der Waals surface area contributed by atoms with E-state index >= 15 is 0 Å². The Kier molecular flexibility index (Phi) is 3.24. The highest BCUT2D eigenvalue weighted by molar-refractivity contribution is 9.10. The number of hydrogen-bond donors (Lipinski definition) is 1. The van der Waals surface area contributed by atoms with Gasteiger partial charge in [0, 0.05) is 23.4 Å². The molecule has 0 aliphatic carbocycles. The number of benzene rings is 1. The summed E-state index contributed by atoms with van der Waals surface area (Å²) >= 11 is 3.57. The van der Waals surface area contributed by atoms with Gasteiger partial charge in [-0.2, -0.15) is 0 Å². The molecular weight excluding hydrogens is 278 g/mol. The lowest BCUT2D eigenvalue weighted by Gasteiger charge is -2.10. The highest BCUT2D eigenvalue weighted by Crippen LogP contribution is 2.26. The fraction of sp³-hybridized carbons (Fsp3) is 0.308. The van der Waals surface area contributed by atoms with Crippen LogP contribution in [-0.2, 0) is 7.05 Å². The molecule has 1 N–H and O–H groups in total. The first kappa shape index (κ1) is 12.2. The Morgan fingerprint density at radius 3 is 2.24 bits per heavy atom. The molecule has 0 aliphatic heterocycles. The second-order valence-electron chi connectivity index (χ2n) is 4.37. The maximum atomic E-state index is 4.43. The van der Waals surface area contributed by atoms with Crippen molar-refractivity contribution in [3.8, 4) is 0 Å². The van der Waals surface area contributed by atoms with E-state index in [1.54, 1.807) is 0 Å². The third-order valence-corrected chi connectivity index (χ3v) is 3.94. The first-order chi connectivity index (χ1) is 7.97. The van der Waals surface area contributed by atoms with Crippen molar-refractivity contribution >= 4 is 27.6 Å². The van der Waals surface area contributed by atoms with E-state index in [2.05, 4.69) is 52.2 Å². The monoisotopic (exact) mass is 293 g/mol. The molecule has 0 bridgehead atoms. The summed E-state index contributed by atoms with van der Waals surface area (Å²) in [6.07, 6.45) is 2.00. The maximum Gasteiger partial charge on any atom is 0.207 e. The Bertz CT molecular complexity index is 535. The fourth-order valence-electron chi connectivity index (χ4n) is 1.88. The predicted octanol–water partition coefficient (Wildman–Crippen LogP) is 3.85. The molecule has 1 aromatic carbocycles. The van der Waals surface area contributed by atoms with E-state index in [9.17, 15) is 0 Å². The minimum atomic E-state index is 0.864. The molecule has 0 saturated heterocycles. The summed E-state index contributed by atoms with van der Waals surface area (Å²) in [5.41, 5.74) is 4.52. The van der Waals surface area contributed by atoms with Crippen molar-refractivity contribution in [1.29, 1.82) is 0 Å². The van der Waals surface area contributed by atoms with Crippen molar-refractivity contribution in [2.45, 2.75) is 20.8 Å². The first-order valence-corrected chi connectivity index (χ1v) is 6.30. The largest absolute Gasteiger partial charge is 0.326 e. The summed E-state index contributed by atoms with van der Waals surface area (Å²) in [4.78, 5) is 4.43. The van der Waals surface area contributed by atoms with Gasteiger partial charge >= 0.3 is 0 Å². The van der Waals surface area contributed by atoms with Gasteiger partial charge in [0.2, 0.25) is 5.95 Å². The molecule has 1 heterocycles. The summed E-state index contributed by atoms with van der Waals surface area (Å²) in [6.45, 7) is 6.17. The SMILES string of the molecule is Cc1cn(C)c(Nc2cc(C)c(Br)c(C)c2)n1. The first-order valence-electron chi connectivity index (χ1n) is 5.51. The molecule has 4 heteroatoms. The van der Waals surface area contributed by atoms with Crippen LogP contribution in [0.3, 0.4) is 0 Å². The van der Waals surface area contributed by atoms with Crippen LogP contribution in [0.1, 0.15) is 16.8 Å². The van der Waals surface area contributed by atoms with Crippen LogP contribution in [-0.4, -0.2) is 9.55 Å². The highest BCUT2D eigenvalue weighted by atomic mass is 79.9. The van der Waals surface area contributed by atoms with Gasteiger partial charge in [-0.3, -0.25) is 0 Å². The number of nitrogens with one attached hydrogen (secondary N) is 1. The molecule has 0 unspecified atom stereocenters. The van der Waals surface area contributed by atoms with Gasteiger partial charge in [0.1, 0.15) is 0 Å². The zero-order chi connectivity index (χ0) is 12.6. The van der Waals surface area contributed by atoms with E-state index < -0.39 is 0 Å². The van der Waals surface area contributed by atoms with Crippen molar-refractivity contribution < 1.29 is 0 Å². The van der Waals surface area contributed by atoms with Crippen LogP contribution < -0.4 is 5.32 Å². The molecule has 2 aromatic rings. The van der Waals surface area contributed by atoms with Gasteiger partial charge in [-0.05, 0) is 44.0 Å². The highest BCUT2D eigenvalue weighted by Gasteiger charge is 2.05. The van der Waals surface area contributed by atoms with E-state index in [-0.39, 0.29) is 0 Å². The van der Waals surface area contributed by atoms with Crippen molar-refractivity contribution in [3.63, 3.8) is 0 Å². The second-order valence-corrected chi connectivity index (χ2v) is 5.16. The molecule has 2 rings (SSSR count). The summed E-state index contributed by atoms with van der Waals surface area (Å²) in [6, 6.07) is 4.22. The van der Waals surface area contributed by atoms with Crippen LogP contribution in [0.5, 0.6) is 0 Å². The summed E-state index contributed by atoms with van der Waals surface area (Å²) in [7, 11) is 1.99. The smallest absolute Gasteiger partial charge is 0.207 e. The lowest BCUT2D eigenvalue weighted by Crippen LogP contribution is -1.99. The molecule has 17 heavy (non-hydrogen) atoms. The topological polar surface area (TPSA) is 29.9 Å². The molecule has 0 aliphatic rings. The molecule has 90 valence electrons. The van der Waals surface area contributed by atoms with Crippen LogP contribution in [0, 0.1) is 20.8 Å². The minimum absolute atomic E-state index is 0.864. The zero-order valence-corrected chi connectivity index (χ0v) is 12.1. The van der Waals surface area contributed by atoms with Crippen LogP contribution in [0.15, 0.2) is 22.8 Å². The second kappa shape index (κ2) is 4.53. The molecule has 0 amide bonds. The van der Waals surface area contributed by atoms with Crippen LogP contribution in [0.25, 0.3) is 0 Å². The maximum absolute atomic E-state index is 4.43. The Morgan fingerprint density at radius 2 is 1.76 bits per heavy atom. The Labute approximate surface area is 110 Å². The van der Waals surface area contributed by atoms with Gasteiger partial charge in [-0.25, -0.2) is 4.98 Å². The molecule has 0 atom stereocenters. The van der Waals surface area contributed by atoms with E-state index in [0.29, 0.717) is 0 Å². The van der Waals surface area contributed by atoms with Gasteiger partial charge in [-0.1, -0.05) is 15.9 Å². The van der Waals surface area contributed by atoms with E-state index in [1.165, 1.54) is 15.6 Å². The van der Waals surface area contributed by atoms with Gasteiger partial charge in [0.05, 0.1) is 5.69 Å². The number of hydrogen-bond acceptors (Lipinski definition) is 2. The van der Waals surface area contributed by atoms with Crippen molar-refractivity contribution in [2.75, 3.05) is 5.32 Å². The lowest BCUT2D eigenvalue weighted by atomic mass is 10.1. The van der Waals surface area contributed by atoms with Crippen LogP contribution in [0.4, 0.5) is 11.6 Å². The normalized spacial score (nSPS) is 10.6. The number of aromatic nitrogens is 2. The van der Waals surface area contributed by atoms with Crippen molar-refractivity contribution in [2.24, 2.45) is 7.05 Å². The minimum Gasteiger partial charge on any atom is -0.326 e. The van der Waals surface area contributed by atoms with Gasteiger partial charge in [-0.15, -0.1) is 0 Å². The van der Waals surface area contributed by atoms with Crippen molar-refractivity contribution in [1.82, 2.24) is 9.55 Å². The van der Waals surface area contributed by atoms with E-state index in [0.717, 1.165) is 17.3 Å². The number of aryl methyl sites for hydroxylation is 4. The van der Waals surface area contributed by atoms with Crippen LogP contribution in [0.2, 0.25) is 0 Å². The molecule has 0 fully saturated rings. The molecule has 0 spiro atoms. The molecule has 3 nitrogen and oxygen atoms in total. The van der Waals surface area contributed by atoms with Crippen LogP contribution >= 0.6 is 15.9 Å². The Hall–Kier alpha value is -1.29. The molecule has 0 radical (unpaired) electrons. The average Bonchev–Trinajstić information content (AvgIpc) is 2.54. The van der Waals surface area contributed by atoms with Gasteiger partial charge in [0.25, 0.3) is 0 Å². The quantitative estimate of drug-likeness (QED) is 0.911. The Morgan fingerprint density at radius 1 is 1.18 bits per heavy atom. The number of anilines is 2. The molecule has 1 aromatic heterocycles. The lowest BCUT2D eigenvalue weighted by molar-refractivity contribution is 0.923. The zero-order valence-electron chi connectivity index (χ0n) is 10.5. The number of halogens is 1. The van der Waals surface area contributed by atoms with E-state index in [4.69, 9.17) is 0 Å². The Balaban J connectivity index is 2.33. The fourth-order valence-corrected chi connectivity index (χ4v) is 2.11. The number of nitrogens with zero attached hydrogens (tertiary/aromatic N) is 2. The standard InChI is InChI=1S/C13H16BrN3/c1-8-5-11(6-9(2)12(8)14)16-13-15-10(3)7-17(13)4/h5-7H,1-4H3,(H,15,16). The number of rotatable bonds is 2. The number of imidazole rings is 1. The third kappa shape index (κ3) is 2.52. The predicted molar refractivity (Wildman–Crippen MR) is 74.8 cm³/mol. The molecule has 0 saturated carbocycles. The summed E-state index contributed by atoms with van der Waals surface area (Å²) in [5.74, 6) is 0.864. The van der Waals surface area contributed by atoms with E-state index in [1.807, 2.05) is 24.7 Å². The third-order valence-electron chi connectivity index (χ3n) is 2.69. The average molecular weight is 294 g/mol. The summed E-state index contributed by atoms with van der Waals surface area (Å²) in [5, 5.41) is 3.33. The van der Waals surface area contributed by atoms with Gasteiger partial charge in [0.15, 0.2) is 0 Å². The van der Waals surface area contributed by atoms with Crippen molar-refractivity contribution in [3.05, 3.63) is 39.6 Å².